The largest absolute Gasteiger partial charge is 0.399 e. The molecule has 0 spiro atoms. The molecule has 4 heteroatoms. The van der Waals surface area contributed by atoms with Gasteiger partial charge in [0, 0.05) is 37.6 Å². The summed E-state index contributed by atoms with van der Waals surface area (Å²) in [5, 5.41) is 0. The van der Waals surface area contributed by atoms with Crippen molar-refractivity contribution >= 4 is 17.1 Å². The number of aryl methyl sites for hydroxylation is 1. The Morgan fingerprint density at radius 1 is 0.905 bits per heavy atom. The summed E-state index contributed by atoms with van der Waals surface area (Å²) in [6, 6.07) is 13.5. The maximum Gasteiger partial charge on any atom is 0.148 e. The van der Waals surface area contributed by atoms with Crippen molar-refractivity contribution in [3.63, 3.8) is 0 Å². The summed E-state index contributed by atoms with van der Waals surface area (Å²) in [6.07, 6.45) is 0. The molecular formula is C17H20FN3. The Bertz CT molecular complexity index is 616. The molecular weight excluding hydrogens is 265 g/mol. The zero-order chi connectivity index (χ0) is 14.8. The van der Waals surface area contributed by atoms with Crippen molar-refractivity contribution in [2.24, 2.45) is 0 Å². The van der Waals surface area contributed by atoms with Crippen LogP contribution in [0.4, 0.5) is 21.5 Å². The molecule has 0 aromatic heterocycles. The Hall–Kier alpha value is -2.23. The SMILES string of the molecule is Cc1ccc(N2CCN(c3ccc(N)cc3F)CC2)cc1. The minimum absolute atomic E-state index is 0.237. The second-order valence-electron chi connectivity index (χ2n) is 5.52. The van der Waals surface area contributed by atoms with Gasteiger partial charge in [-0.1, -0.05) is 17.7 Å². The maximum absolute atomic E-state index is 14.0. The number of anilines is 3. The average molecular weight is 285 g/mol. The van der Waals surface area contributed by atoms with Crippen LogP contribution in [0.25, 0.3) is 0 Å². The Labute approximate surface area is 124 Å². The predicted molar refractivity (Wildman–Crippen MR) is 86.4 cm³/mol. The van der Waals surface area contributed by atoms with E-state index in [1.54, 1.807) is 12.1 Å². The van der Waals surface area contributed by atoms with Gasteiger partial charge in [0.05, 0.1) is 5.69 Å². The van der Waals surface area contributed by atoms with Crippen LogP contribution in [0.5, 0.6) is 0 Å². The van der Waals surface area contributed by atoms with Crippen molar-refractivity contribution in [3.05, 3.63) is 53.8 Å². The predicted octanol–water partition coefficient (Wildman–Crippen LogP) is 3.04. The van der Waals surface area contributed by atoms with Crippen LogP contribution >= 0.6 is 0 Å². The average Bonchev–Trinajstić information content (AvgIpc) is 2.48. The van der Waals surface area contributed by atoms with Crippen molar-refractivity contribution in [1.82, 2.24) is 0 Å². The Balaban J connectivity index is 1.68. The molecule has 2 N–H and O–H groups in total. The summed E-state index contributed by atoms with van der Waals surface area (Å²) in [5.74, 6) is -0.237. The number of nitrogen functional groups attached to an aromatic ring is 1. The second kappa shape index (κ2) is 5.64. The summed E-state index contributed by atoms with van der Waals surface area (Å²) >= 11 is 0. The van der Waals surface area contributed by atoms with Gasteiger partial charge in [0.1, 0.15) is 5.82 Å². The molecule has 0 radical (unpaired) electrons. The summed E-state index contributed by atoms with van der Waals surface area (Å²) in [7, 11) is 0. The first-order valence-electron chi connectivity index (χ1n) is 7.25. The molecule has 1 heterocycles. The summed E-state index contributed by atoms with van der Waals surface area (Å²) in [5.41, 5.74) is 9.21. The van der Waals surface area contributed by atoms with Crippen molar-refractivity contribution in [2.75, 3.05) is 41.7 Å². The van der Waals surface area contributed by atoms with Gasteiger partial charge in [-0.25, -0.2) is 4.39 Å². The van der Waals surface area contributed by atoms with E-state index in [1.807, 2.05) is 0 Å². The van der Waals surface area contributed by atoms with Crippen LogP contribution in [-0.2, 0) is 0 Å². The fourth-order valence-electron chi connectivity index (χ4n) is 2.74. The quantitative estimate of drug-likeness (QED) is 0.861. The van der Waals surface area contributed by atoms with Gasteiger partial charge in [-0.2, -0.15) is 0 Å². The number of piperazine rings is 1. The van der Waals surface area contributed by atoms with E-state index < -0.39 is 0 Å². The number of benzene rings is 2. The molecule has 0 amide bonds. The molecule has 2 aromatic rings. The molecule has 1 fully saturated rings. The molecule has 3 rings (SSSR count). The van der Waals surface area contributed by atoms with Crippen LogP contribution < -0.4 is 15.5 Å². The highest BCUT2D eigenvalue weighted by Gasteiger charge is 2.19. The van der Waals surface area contributed by atoms with E-state index in [9.17, 15) is 4.39 Å². The fraction of sp³-hybridized carbons (Fsp3) is 0.294. The topological polar surface area (TPSA) is 32.5 Å². The minimum Gasteiger partial charge on any atom is -0.399 e. The number of halogens is 1. The van der Waals surface area contributed by atoms with Crippen molar-refractivity contribution in [1.29, 1.82) is 0 Å². The summed E-state index contributed by atoms with van der Waals surface area (Å²) in [4.78, 5) is 4.42. The first-order valence-corrected chi connectivity index (χ1v) is 7.25. The first kappa shape index (κ1) is 13.7. The zero-order valence-electron chi connectivity index (χ0n) is 12.2. The first-order chi connectivity index (χ1) is 10.1. The molecule has 0 unspecified atom stereocenters. The van der Waals surface area contributed by atoms with E-state index in [1.165, 1.54) is 17.3 Å². The number of nitrogens with zero attached hydrogens (tertiary/aromatic N) is 2. The fourth-order valence-corrected chi connectivity index (χ4v) is 2.74. The van der Waals surface area contributed by atoms with Gasteiger partial charge >= 0.3 is 0 Å². The lowest BCUT2D eigenvalue weighted by atomic mass is 10.2. The van der Waals surface area contributed by atoms with E-state index in [-0.39, 0.29) is 5.82 Å². The smallest absolute Gasteiger partial charge is 0.148 e. The minimum atomic E-state index is -0.237. The van der Waals surface area contributed by atoms with Gasteiger partial charge < -0.3 is 15.5 Å². The van der Waals surface area contributed by atoms with Gasteiger partial charge in [0.25, 0.3) is 0 Å². The van der Waals surface area contributed by atoms with Crippen molar-refractivity contribution < 1.29 is 4.39 Å². The number of nitrogens with two attached hydrogens (primary N) is 1. The Kier molecular flexibility index (Phi) is 3.69. The van der Waals surface area contributed by atoms with Crippen molar-refractivity contribution in [2.45, 2.75) is 6.92 Å². The molecule has 0 saturated carbocycles. The van der Waals surface area contributed by atoms with Crippen LogP contribution in [0, 0.1) is 12.7 Å². The van der Waals surface area contributed by atoms with Crippen LogP contribution in [-0.4, -0.2) is 26.2 Å². The molecule has 1 aliphatic rings. The number of hydrogen-bond acceptors (Lipinski definition) is 3. The maximum atomic E-state index is 14.0. The number of rotatable bonds is 2. The monoisotopic (exact) mass is 285 g/mol. The molecule has 0 aliphatic carbocycles. The van der Waals surface area contributed by atoms with E-state index in [4.69, 9.17) is 5.73 Å². The molecule has 0 bridgehead atoms. The highest BCUT2D eigenvalue weighted by atomic mass is 19.1. The van der Waals surface area contributed by atoms with Crippen LogP contribution in [0.15, 0.2) is 42.5 Å². The van der Waals surface area contributed by atoms with E-state index in [0.29, 0.717) is 11.4 Å². The third kappa shape index (κ3) is 2.94. The number of hydrogen-bond donors (Lipinski definition) is 1. The molecule has 3 nitrogen and oxygen atoms in total. The second-order valence-corrected chi connectivity index (χ2v) is 5.52. The molecule has 1 aliphatic heterocycles. The van der Waals surface area contributed by atoms with Gasteiger partial charge in [-0.15, -0.1) is 0 Å². The van der Waals surface area contributed by atoms with Gasteiger partial charge in [-0.3, -0.25) is 0 Å². The van der Waals surface area contributed by atoms with E-state index in [0.717, 1.165) is 26.2 Å². The summed E-state index contributed by atoms with van der Waals surface area (Å²) in [6.45, 7) is 5.51. The molecule has 0 atom stereocenters. The molecule has 110 valence electrons. The van der Waals surface area contributed by atoms with Crippen LogP contribution in [0.2, 0.25) is 0 Å². The lowest BCUT2D eigenvalue weighted by Crippen LogP contribution is -2.46. The highest BCUT2D eigenvalue weighted by molar-refractivity contribution is 5.56. The normalized spacial score (nSPS) is 15.3. The van der Waals surface area contributed by atoms with Crippen LogP contribution in [0.3, 0.4) is 0 Å². The molecule has 1 saturated heterocycles. The standard InChI is InChI=1S/C17H20FN3/c1-13-2-5-15(6-3-13)20-8-10-21(11-9-20)17-7-4-14(19)12-16(17)18/h2-7,12H,8-11,19H2,1H3. The summed E-state index contributed by atoms with van der Waals surface area (Å²) < 4.78 is 14.0. The third-order valence-electron chi connectivity index (χ3n) is 3.99. The lowest BCUT2D eigenvalue weighted by Gasteiger charge is -2.37. The Morgan fingerprint density at radius 3 is 2.14 bits per heavy atom. The van der Waals surface area contributed by atoms with Crippen LogP contribution in [0.1, 0.15) is 5.56 Å². The molecule has 21 heavy (non-hydrogen) atoms. The lowest BCUT2D eigenvalue weighted by molar-refractivity contribution is 0.598. The third-order valence-corrected chi connectivity index (χ3v) is 3.99. The van der Waals surface area contributed by atoms with E-state index >= 15 is 0 Å². The zero-order valence-corrected chi connectivity index (χ0v) is 12.2. The Morgan fingerprint density at radius 2 is 1.52 bits per heavy atom. The van der Waals surface area contributed by atoms with Gasteiger partial charge in [0.2, 0.25) is 0 Å². The van der Waals surface area contributed by atoms with Crippen molar-refractivity contribution in [3.8, 4) is 0 Å². The van der Waals surface area contributed by atoms with Gasteiger partial charge in [-0.05, 0) is 37.3 Å². The van der Waals surface area contributed by atoms with Gasteiger partial charge in [0.15, 0.2) is 0 Å². The molecule has 2 aromatic carbocycles. The highest BCUT2D eigenvalue weighted by Crippen LogP contribution is 2.24. The van der Waals surface area contributed by atoms with E-state index in [2.05, 4.69) is 41.0 Å².